The van der Waals surface area contributed by atoms with Crippen molar-refractivity contribution in [2.75, 3.05) is 33.8 Å². The van der Waals surface area contributed by atoms with Gasteiger partial charge in [0, 0.05) is 50.4 Å². The van der Waals surface area contributed by atoms with Gasteiger partial charge in [0.25, 0.3) is 5.91 Å². The predicted molar refractivity (Wildman–Crippen MR) is 106 cm³/mol. The van der Waals surface area contributed by atoms with Crippen molar-refractivity contribution < 1.29 is 14.3 Å². The number of benzene rings is 1. The van der Waals surface area contributed by atoms with E-state index in [2.05, 4.69) is 25.4 Å². The average Bonchev–Trinajstić information content (AvgIpc) is 3.37. The highest BCUT2D eigenvalue weighted by molar-refractivity contribution is 5.94. The van der Waals surface area contributed by atoms with Gasteiger partial charge in [-0.1, -0.05) is 12.1 Å². The summed E-state index contributed by atoms with van der Waals surface area (Å²) in [5, 5.41) is 9.78. The summed E-state index contributed by atoms with van der Waals surface area (Å²) in [4.78, 5) is 32.6. The highest BCUT2D eigenvalue weighted by atomic mass is 16.5. The Balaban J connectivity index is 1.31. The molecular formula is C20H26N6O3. The molecule has 0 radical (unpaired) electrons. The number of fused-ring (bicyclic) bond motifs is 1. The Morgan fingerprint density at radius 1 is 1.28 bits per heavy atom. The standard InChI is InChI=1S/C20H26N6O3/c1-25(2)18(27)8-17-10-26-9-15(7-16(26)11-29-17)23-20(28)14-5-3-13(4-6-14)19-21-12-22-24-19/h3-6,12,15-17H,7-11H2,1-2H3,(H,23,28)(H,21,22,24)/t15-,16+,17+/m1/s1. The van der Waals surface area contributed by atoms with Crippen LogP contribution in [0.3, 0.4) is 0 Å². The van der Waals surface area contributed by atoms with Crippen LogP contribution >= 0.6 is 0 Å². The maximum atomic E-state index is 12.6. The number of aromatic nitrogens is 3. The molecule has 9 heteroatoms. The van der Waals surface area contributed by atoms with E-state index in [-0.39, 0.29) is 24.0 Å². The minimum Gasteiger partial charge on any atom is -0.375 e. The summed E-state index contributed by atoms with van der Waals surface area (Å²) < 4.78 is 5.88. The molecule has 2 fully saturated rings. The number of carbonyl (C=O) groups is 2. The Bertz CT molecular complexity index is 852. The van der Waals surface area contributed by atoms with E-state index in [9.17, 15) is 9.59 Å². The van der Waals surface area contributed by atoms with Gasteiger partial charge in [-0.05, 0) is 18.6 Å². The summed E-state index contributed by atoms with van der Waals surface area (Å²) in [6, 6.07) is 7.66. The molecule has 0 unspecified atom stereocenters. The third-order valence-corrected chi connectivity index (χ3v) is 5.56. The van der Waals surface area contributed by atoms with Gasteiger partial charge in [0.2, 0.25) is 5.91 Å². The van der Waals surface area contributed by atoms with E-state index in [1.165, 1.54) is 6.33 Å². The van der Waals surface area contributed by atoms with Gasteiger partial charge in [-0.25, -0.2) is 4.98 Å². The predicted octanol–water partition coefficient (Wildman–Crippen LogP) is 0.522. The number of morpholine rings is 1. The van der Waals surface area contributed by atoms with Crippen LogP contribution in [0.1, 0.15) is 23.2 Å². The SMILES string of the molecule is CN(C)C(=O)C[C@H]1CN2C[C@H](NC(=O)c3ccc(-c4ncn[nH]4)cc3)C[C@H]2CO1. The first-order chi connectivity index (χ1) is 14.0. The zero-order chi connectivity index (χ0) is 20.4. The Labute approximate surface area is 169 Å². The fourth-order valence-electron chi connectivity index (χ4n) is 3.94. The van der Waals surface area contributed by atoms with Gasteiger partial charge in [-0.3, -0.25) is 19.6 Å². The molecular weight excluding hydrogens is 372 g/mol. The van der Waals surface area contributed by atoms with Crippen LogP contribution in [0.4, 0.5) is 0 Å². The summed E-state index contributed by atoms with van der Waals surface area (Å²) in [7, 11) is 3.51. The lowest BCUT2D eigenvalue weighted by Crippen LogP contribution is -2.47. The Hall–Kier alpha value is -2.78. The third-order valence-electron chi connectivity index (χ3n) is 5.56. The lowest BCUT2D eigenvalue weighted by Gasteiger charge is -2.35. The van der Waals surface area contributed by atoms with Crippen molar-refractivity contribution in [1.82, 2.24) is 30.3 Å². The van der Waals surface area contributed by atoms with Crippen LogP contribution in [0, 0.1) is 0 Å². The summed E-state index contributed by atoms with van der Waals surface area (Å²) in [6.45, 7) is 2.11. The molecule has 0 bridgehead atoms. The van der Waals surface area contributed by atoms with Gasteiger partial charge in [-0.2, -0.15) is 5.10 Å². The fraction of sp³-hybridized carbons (Fsp3) is 0.500. The summed E-state index contributed by atoms with van der Waals surface area (Å²) in [5.41, 5.74) is 1.50. The van der Waals surface area contributed by atoms with Gasteiger partial charge < -0.3 is 15.0 Å². The topological polar surface area (TPSA) is 103 Å². The minimum atomic E-state index is -0.0841. The Morgan fingerprint density at radius 3 is 2.76 bits per heavy atom. The molecule has 2 aliphatic rings. The molecule has 2 aliphatic heterocycles. The molecule has 1 aromatic carbocycles. The van der Waals surface area contributed by atoms with Crippen LogP contribution in [-0.2, 0) is 9.53 Å². The molecule has 2 N–H and O–H groups in total. The molecule has 4 rings (SSSR count). The van der Waals surface area contributed by atoms with Crippen LogP contribution < -0.4 is 5.32 Å². The van der Waals surface area contributed by atoms with Crippen molar-refractivity contribution in [2.45, 2.75) is 31.0 Å². The Morgan fingerprint density at radius 2 is 2.07 bits per heavy atom. The molecule has 0 spiro atoms. The molecule has 9 nitrogen and oxygen atoms in total. The molecule has 1 aromatic heterocycles. The highest BCUT2D eigenvalue weighted by Gasteiger charge is 2.38. The smallest absolute Gasteiger partial charge is 0.251 e. The first-order valence-electron chi connectivity index (χ1n) is 9.82. The number of hydrogen-bond donors (Lipinski definition) is 2. The first kappa shape index (κ1) is 19.5. The second-order valence-corrected chi connectivity index (χ2v) is 7.87. The molecule has 2 aromatic rings. The van der Waals surface area contributed by atoms with E-state index < -0.39 is 0 Å². The number of hydrogen-bond acceptors (Lipinski definition) is 6. The number of nitrogens with zero attached hydrogens (tertiary/aromatic N) is 4. The van der Waals surface area contributed by atoms with E-state index in [0.717, 1.165) is 25.1 Å². The fourth-order valence-corrected chi connectivity index (χ4v) is 3.94. The van der Waals surface area contributed by atoms with Crippen molar-refractivity contribution in [3.8, 4) is 11.4 Å². The van der Waals surface area contributed by atoms with Crippen molar-refractivity contribution >= 4 is 11.8 Å². The van der Waals surface area contributed by atoms with E-state index in [4.69, 9.17) is 4.74 Å². The molecule has 2 saturated heterocycles. The van der Waals surface area contributed by atoms with Gasteiger partial charge in [-0.15, -0.1) is 0 Å². The zero-order valence-corrected chi connectivity index (χ0v) is 16.7. The number of ether oxygens (including phenoxy) is 1. The molecule has 0 saturated carbocycles. The molecule has 3 heterocycles. The van der Waals surface area contributed by atoms with Crippen LogP contribution in [0.2, 0.25) is 0 Å². The van der Waals surface area contributed by atoms with Crippen LogP contribution in [0.15, 0.2) is 30.6 Å². The summed E-state index contributed by atoms with van der Waals surface area (Å²) in [5.74, 6) is 0.664. The maximum absolute atomic E-state index is 12.6. The normalized spacial score (nSPS) is 24.1. The second kappa shape index (κ2) is 8.30. The largest absolute Gasteiger partial charge is 0.375 e. The zero-order valence-electron chi connectivity index (χ0n) is 16.7. The quantitative estimate of drug-likeness (QED) is 0.761. The van der Waals surface area contributed by atoms with Crippen LogP contribution in [-0.4, -0.2) is 88.8 Å². The van der Waals surface area contributed by atoms with Gasteiger partial charge in [0.15, 0.2) is 5.82 Å². The van der Waals surface area contributed by atoms with E-state index in [0.29, 0.717) is 30.5 Å². The van der Waals surface area contributed by atoms with Gasteiger partial charge in [0.1, 0.15) is 6.33 Å². The average molecular weight is 398 g/mol. The number of carbonyl (C=O) groups excluding carboxylic acids is 2. The van der Waals surface area contributed by atoms with Crippen LogP contribution in [0.25, 0.3) is 11.4 Å². The van der Waals surface area contributed by atoms with Crippen molar-refractivity contribution in [2.24, 2.45) is 0 Å². The number of amides is 2. The monoisotopic (exact) mass is 398 g/mol. The molecule has 0 aliphatic carbocycles. The minimum absolute atomic E-state index is 0.0753. The number of rotatable bonds is 5. The first-order valence-corrected chi connectivity index (χ1v) is 9.82. The highest BCUT2D eigenvalue weighted by Crippen LogP contribution is 2.25. The lowest BCUT2D eigenvalue weighted by molar-refractivity contribution is -0.134. The lowest BCUT2D eigenvalue weighted by atomic mass is 10.1. The maximum Gasteiger partial charge on any atom is 0.251 e. The van der Waals surface area contributed by atoms with E-state index in [1.54, 1.807) is 31.1 Å². The second-order valence-electron chi connectivity index (χ2n) is 7.87. The van der Waals surface area contributed by atoms with Crippen LogP contribution in [0.5, 0.6) is 0 Å². The Kier molecular flexibility index (Phi) is 5.59. The molecule has 154 valence electrons. The van der Waals surface area contributed by atoms with Crippen molar-refractivity contribution in [1.29, 1.82) is 0 Å². The number of nitrogens with one attached hydrogen (secondary N) is 2. The van der Waals surface area contributed by atoms with Gasteiger partial charge >= 0.3 is 0 Å². The molecule has 3 atom stereocenters. The molecule has 2 amide bonds. The summed E-state index contributed by atoms with van der Waals surface area (Å²) in [6.07, 6.45) is 2.62. The number of H-pyrrole nitrogens is 1. The van der Waals surface area contributed by atoms with E-state index >= 15 is 0 Å². The molecule has 29 heavy (non-hydrogen) atoms. The number of aromatic amines is 1. The van der Waals surface area contributed by atoms with Crippen molar-refractivity contribution in [3.05, 3.63) is 36.2 Å². The van der Waals surface area contributed by atoms with E-state index in [1.807, 2.05) is 12.1 Å². The summed E-state index contributed by atoms with van der Waals surface area (Å²) >= 11 is 0. The van der Waals surface area contributed by atoms with Gasteiger partial charge in [0.05, 0.1) is 19.1 Å². The third kappa shape index (κ3) is 4.46. The van der Waals surface area contributed by atoms with Crippen molar-refractivity contribution in [3.63, 3.8) is 0 Å².